The minimum Gasteiger partial charge on any atom is -0.369 e. The van der Waals surface area contributed by atoms with Crippen LogP contribution in [0.5, 0.6) is 0 Å². The summed E-state index contributed by atoms with van der Waals surface area (Å²) in [5.41, 5.74) is 8.59. The van der Waals surface area contributed by atoms with Gasteiger partial charge in [0, 0.05) is 30.5 Å². The molecule has 1 saturated carbocycles. The second kappa shape index (κ2) is 9.88. The zero-order chi connectivity index (χ0) is 24.6. The summed E-state index contributed by atoms with van der Waals surface area (Å²) in [5.74, 6) is 0.596. The van der Waals surface area contributed by atoms with E-state index in [-0.39, 0.29) is 13.7 Å². The summed E-state index contributed by atoms with van der Waals surface area (Å²) < 4.78 is 15.1. The molecule has 1 saturated heterocycles. The molecule has 5 rings (SSSR count). The first-order valence-corrected chi connectivity index (χ1v) is 14.6. The summed E-state index contributed by atoms with van der Waals surface area (Å²) in [4.78, 5) is 11.0. The van der Waals surface area contributed by atoms with Gasteiger partial charge in [-0.15, -0.1) is 0 Å². The second-order valence-electron chi connectivity index (χ2n) is 9.87. The number of hydrogen-bond acceptors (Lipinski definition) is 6. The number of benzene rings is 2. The van der Waals surface area contributed by atoms with Gasteiger partial charge in [0.2, 0.25) is 5.95 Å². The highest BCUT2D eigenvalue weighted by molar-refractivity contribution is 7.64. The van der Waals surface area contributed by atoms with Crippen LogP contribution in [0.3, 0.4) is 0 Å². The Morgan fingerprint density at radius 3 is 2.54 bits per heavy atom. The lowest BCUT2D eigenvalue weighted by molar-refractivity contribution is 0.0711. The first-order valence-electron chi connectivity index (χ1n) is 11.9. The maximum atomic E-state index is 15.1. The van der Waals surface area contributed by atoms with E-state index in [1.54, 1.807) is 6.20 Å². The topological polar surface area (TPSA) is 79.1 Å². The van der Waals surface area contributed by atoms with Crippen molar-refractivity contribution in [2.45, 2.75) is 31.7 Å². The number of piperidine rings is 1. The van der Waals surface area contributed by atoms with Crippen LogP contribution in [0.25, 0.3) is 0 Å². The van der Waals surface area contributed by atoms with Gasteiger partial charge in [0.15, 0.2) is 5.82 Å². The average molecular weight is 513 g/mol. The molecule has 2 aromatic carbocycles. The largest absolute Gasteiger partial charge is 0.369 e. The lowest BCUT2D eigenvalue weighted by atomic mass is 9.60. The van der Waals surface area contributed by atoms with Crippen LogP contribution in [0.2, 0.25) is 5.02 Å². The molecule has 1 spiro atoms. The van der Waals surface area contributed by atoms with Gasteiger partial charge in [-0.1, -0.05) is 37.7 Å². The molecule has 0 amide bonds. The highest BCUT2D eigenvalue weighted by atomic mass is 35.5. The Balaban J connectivity index is 1.28. The van der Waals surface area contributed by atoms with E-state index in [1.807, 2.05) is 30.3 Å². The summed E-state index contributed by atoms with van der Waals surface area (Å²) in [6, 6.07) is 13.7. The number of hydrogen-bond donors (Lipinski definition) is 3. The molecule has 1 aromatic heterocycles. The number of nitrogens with one attached hydrogen (secondary N) is 2. The number of rotatable bonds is 6. The third-order valence-corrected chi connectivity index (χ3v) is 8.77. The van der Waals surface area contributed by atoms with Crippen LogP contribution in [0.15, 0.2) is 48.7 Å². The maximum absolute atomic E-state index is 15.1. The fourth-order valence-corrected chi connectivity index (χ4v) is 6.40. The Morgan fingerprint density at radius 2 is 1.86 bits per heavy atom. The van der Waals surface area contributed by atoms with Crippen molar-refractivity contribution in [3.63, 3.8) is 0 Å². The lowest BCUT2D eigenvalue weighted by Crippen LogP contribution is -2.52. The molecule has 184 valence electrons. The van der Waals surface area contributed by atoms with E-state index >= 15 is 4.39 Å². The van der Waals surface area contributed by atoms with Crippen LogP contribution >= 0.6 is 19.5 Å². The van der Waals surface area contributed by atoms with Crippen molar-refractivity contribution in [1.29, 1.82) is 0 Å². The highest BCUT2D eigenvalue weighted by Gasteiger charge is 2.44. The van der Waals surface area contributed by atoms with Gasteiger partial charge in [0.1, 0.15) is 10.8 Å². The summed E-state index contributed by atoms with van der Waals surface area (Å²) in [5, 5.41) is 8.09. The van der Waals surface area contributed by atoms with Gasteiger partial charge in [-0.2, -0.15) is 4.98 Å². The van der Waals surface area contributed by atoms with Gasteiger partial charge in [0.05, 0.1) is 11.9 Å². The highest BCUT2D eigenvalue weighted by Crippen LogP contribution is 2.49. The van der Waals surface area contributed by atoms with Crippen molar-refractivity contribution in [3.8, 4) is 0 Å². The number of aromatic nitrogens is 2. The molecule has 9 heteroatoms. The minimum absolute atomic E-state index is 0.253. The van der Waals surface area contributed by atoms with E-state index in [4.69, 9.17) is 17.3 Å². The van der Waals surface area contributed by atoms with Crippen molar-refractivity contribution >= 4 is 53.7 Å². The number of nitrogens with two attached hydrogens (primary N) is 1. The van der Waals surface area contributed by atoms with Gasteiger partial charge in [-0.25, -0.2) is 9.37 Å². The Kier molecular flexibility index (Phi) is 6.84. The predicted octanol–water partition coefficient (Wildman–Crippen LogP) is 5.83. The van der Waals surface area contributed by atoms with E-state index in [1.165, 1.54) is 11.4 Å². The van der Waals surface area contributed by atoms with Crippen molar-refractivity contribution in [2.24, 2.45) is 11.1 Å². The standard InChI is InChI=1S/C26H31ClFN6P/c1-35(2)23-6-4-3-5-21(23)32-24-19(27)16-30-25(33-24)31-18-7-8-22(20(28)13-18)34-11-9-26(10-12-34)14-17(29)15-26/h3-8,13,16-17H,9-12,14-15,29H2,1-2H3,(H2,30,31,32,33). The van der Waals surface area contributed by atoms with Gasteiger partial charge in [0.25, 0.3) is 0 Å². The zero-order valence-corrected chi connectivity index (χ0v) is 21.7. The molecule has 1 aliphatic heterocycles. The Hall–Kier alpha value is -2.47. The summed E-state index contributed by atoms with van der Waals surface area (Å²) >= 11 is 6.37. The van der Waals surface area contributed by atoms with Crippen LogP contribution in [-0.4, -0.2) is 42.4 Å². The summed E-state index contributed by atoms with van der Waals surface area (Å²) in [7, 11) is -0.303. The third-order valence-electron chi connectivity index (χ3n) is 7.14. The van der Waals surface area contributed by atoms with Gasteiger partial charge in [-0.05, 0) is 74.0 Å². The molecule has 0 atom stereocenters. The first kappa shape index (κ1) is 24.2. The van der Waals surface area contributed by atoms with Crippen LogP contribution in [-0.2, 0) is 0 Å². The molecule has 2 aliphatic rings. The average Bonchev–Trinajstić information content (AvgIpc) is 2.81. The molecule has 3 aromatic rings. The number of anilines is 5. The Labute approximate surface area is 212 Å². The third kappa shape index (κ3) is 5.23. The summed E-state index contributed by atoms with van der Waals surface area (Å²) in [6.07, 6.45) is 5.91. The molecular weight excluding hydrogens is 482 g/mol. The first-order chi connectivity index (χ1) is 16.8. The molecular formula is C26H31ClFN6P. The molecule has 35 heavy (non-hydrogen) atoms. The second-order valence-corrected chi connectivity index (χ2v) is 12.6. The van der Waals surface area contributed by atoms with Crippen molar-refractivity contribution in [1.82, 2.24) is 9.97 Å². The zero-order valence-electron chi connectivity index (χ0n) is 20.1. The Bertz CT molecular complexity index is 1210. The number of para-hydroxylation sites is 1. The normalized spacial score (nSPS) is 17.5. The van der Waals surface area contributed by atoms with E-state index in [0.717, 1.165) is 44.5 Å². The van der Waals surface area contributed by atoms with Crippen molar-refractivity contribution in [2.75, 3.05) is 42.0 Å². The van der Waals surface area contributed by atoms with E-state index in [0.29, 0.717) is 39.6 Å². The lowest BCUT2D eigenvalue weighted by Gasteiger charge is -2.51. The fourth-order valence-electron chi connectivity index (χ4n) is 5.26. The smallest absolute Gasteiger partial charge is 0.229 e. The van der Waals surface area contributed by atoms with Gasteiger partial charge >= 0.3 is 0 Å². The molecule has 4 N–H and O–H groups in total. The molecule has 0 bridgehead atoms. The van der Waals surface area contributed by atoms with Crippen LogP contribution in [0.1, 0.15) is 25.7 Å². The SMILES string of the molecule is CP(C)c1ccccc1Nc1nc(Nc2ccc(N3CCC4(CC3)CC(N)C4)c(F)c2)ncc1Cl. The number of halogens is 2. The maximum Gasteiger partial charge on any atom is 0.229 e. The molecule has 0 unspecified atom stereocenters. The van der Waals surface area contributed by atoms with Crippen molar-refractivity contribution in [3.05, 3.63) is 59.5 Å². The monoisotopic (exact) mass is 512 g/mol. The predicted molar refractivity (Wildman–Crippen MR) is 146 cm³/mol. The van der Waals surface area contributed by atoms with E-state index in [2.05, 4.69) is 44.9 Å². The molecule has 2 heterocycles. The van der Waals surface area contributed by atoms with Crippen molar-refractivity contribution < 1.29 is 4.39 Å². The number of nitrogens with zero attached hydrogens (tertiary/aromatic N) is 3. The fraction of sp³-hybridized carbons (Fsp3) is 0.385. The van der Waals surface area contributed by atoms with Crippen LogP contribution < -0.4 is 26.6 Å². The Morgan fingerprint density at radius 1 is 1.11 bits per heavy atom. The minimum atomic E-state index is -0.303. The molecule has 1 aliphatic carbocycles. The molecule has 0 radical (unpaired) electrons. The quantitative estimate of drug-likeness (QED) is 0.361. The van der Waals surface area contributed by atoms with Crippen LogP contribution in [0, 0.1) is 11.2 Å². The van der Waals surface area contributed by atoms with Gasteiger partial charge < -0.3 is 21.3 Å². The van der Waals surface area contributed by atoms with Crippen LogP contribution in [0.4, 0.5) is 33.2 Å². The van der Waals surface area contributed by atoms with E-state index in [9.17, 15) is 0 Å². The van der Waals surface area contributed by atoms with E-state index < -0.39 is 0 Å². The summed E-state index contributed by atoms with van der Waals surface area (Å²) in [6.45, 7) is 6.14. The molecule has 6 nitrogen and oxygen atoms in total. The molecule has 2 fully saturated rings. The van der Waals surface area contributed by atoms with Gasteiger partial charge in [-0.3, -0.25) is 0 Å².